The number of nitrogens with zero attached hydrogens (tertiary/aromatic N) is 2. The first-order valence-electron chi connectivity index (χ1n) is 11.9. The Balaban J connectivity index is 1.46. The summed E-state index contributed by atoms with van der Waals surface area (Å²) in [6.07, 6.45) is 3.54. The number of carbonyl (C=O) groups is 1. The number of carbonyl (C=O) groups excluding carboxylic acids is 1. The summed E-state index contributed by atoms with van der Waals surface area (Å²) in [5.41, 5.74) is 3.84. The van der Waals surface area contributed by atoms with Gasteiger partial charge in [0.15, 0.2) is 0 Å². The maximum absolute atomic E-state index is 14.3. The number of amides is 1. The van der Waals surface area contributed by atoms with Gasteiger partial charge < -0.3 is 9.26 Å². The second-order valence-corrected chi connectivity index (χ2v) is 9.30. The summed E-state index contributed by atoms with van der Waals surface area (Å²) in [6.45, 7) is 2.61. The zero-order chi connectivity index (χ0) is 25.8. The topological polar surface area (TPSA) is 77.2 Å². The zero-order valence-corrected chi connectivity index (χ0v) is 21.6. The summed E-state index contributed by atoms with van der Waals surface area (Å²) in [7, 11) is 0. The second kappa shape index (κ2) is 10.9. The fraction of sp³-hybridized carbons (Fsp3) is 0.138. The van der Waals surface area contributed by atoms with Crippen LogP contribution in [0.15, 0.2) is 88.0 Å². The predicted octanol–water partition coefficient (Wildman–Crippen LogP) is 7.89. The van der Waals surface area contributed by atoms with E-state index in [1.807, 2.05) is 24.3 Å². The van der Waals surface area contributed by atoms with E-state index in [1.54, 1.807) is 42.6 Å². The highest BCUT2D eigenvalue weighted by atomic mass is 79.9. The third-order valence-corrected chi connectivity index (χ3v) is 6.58. The molecular weight excluding hydrogens is 537 g/mol. The van der Waals surface area contributed by atoms with Crippen LogP contribution in [-0.4, -0.2) is 22.7 Å². The molecule has 0 aliphatic carbocycles. The van der Waals surface area contributed by atoms with E-state index in [-0.39, 0.29) is 17.6 Å². The monoisotopic (exact) mass is 559 g/mol. The first-order chi connectivity index (χ1) is 18.0. The van der Waals surface area contributed by atoms with Crippen LogP contribution < -0.4 is 10.1 Å². The molecule has 6 nitrogen and oxygen atoms in total. The van der Waals surface area contributed by atoms with Gasteiger partial charge in [-0.15, -0.1) is 0 Å². The van der Waals surface area contributed by atoms with Gasteiger partial charge in [-0.25, -0.2) is 4.39 Å². The molecule has 0 spiro atoms. The van der Waals surface area contributed by atoms with Crippen molar-refractivity contribution in [3.8, 4) is 28.1 Å². The van der Waals surface area contributed by atoms with Crippen molar-refractivity contribution in [1.82, 2.24) is 10.1 Å². The Kier molecular flexibility index (Phi) is 7.28. The lowest BCUT2D eigenvalue weighted by atomic mass is 9.98. The van der Waals surface area contributed by atoms with Gasteiger partial charge in [0.25, 0.3) is 5.91 Å². The van der Waals surface area contributed by atoms with Crippen molar-refractivity contribution in [3.63, 3.8) is 0 Å². The van der Waals surface area contributed by atoms with Crippen molar-refractivity contribution in [1.29, 1.82) is 0 Å². The molecule has 1 amide bonds. The lowest BCUT2D eigenvalue weighted by Gasteiger charge is -2.14. The number of nitrogens with one attached hydrogen (secondary N) is 1. The van der Waals surface area contributed by atoms with Gasteiger partial charge in [-0.3, -0.25) is 15.1 Å². The van der Waals surface area contributed by atoms with Crippen molar-refractivity contribution in [3.05, 3.63) is 94.8 Å². The average molecular weight is 560 g/mol. The van der Waals surface area contributed by atoms with Crippen LogP contribution in [-0.2, 0) is 0 Å². The van der Waals surface area contributed by atoms with Gasteiger partial charge >= 0.3 is 0 Å². The number of halogens is 2. The van der Waals surface area contributed by atoms with E-state index in [0.29, 0.717) is 40.1 Å². The first-order valence-corrected chi connectivity index (χ1v) is 12.7. The Hall–Kier alpha value is -4.04. The zero-order valence-electron chi connectivity index (χ0n) is 20.0. The smallest absolute Gasteiger partial charge is 0.258 e. The fourth-order valence-corrected chi connectivity index (χ4v) is 4.49. The predicted molar refractivity (Wildman–Crippen MR) is 145 cm³/mol. The Morgan fingerprint density at radius 1 is 1.03 bits per heavy atom. The summed E-state index contributed by atoms with van der Waals surface area (Å²) >= 11 is 3.50. The van der Waals surface area contributed by atoms with Crippen LogP contribution in [0.1, 0.15) is 30.1 Å². The number of aromatic nitrogens is 2. The van der Waals surface area contributed by atoms with Gasteiger partial charge in [0.1, 0.15) is 17.3 Å². The number of rotatable bonds is 8. The molecule has 2 aromatic heterocycles. The van der Waals surface area contributed by atoms with Gasteiger partial charge in [0.2, 0.25) is 5.88 Å². The van der Waals surface area contributed by atoms with E-state index in [4.69, 9.17) is 9.26 Å². The van der Waals surface area contributed by atoms with Gasteiger partial charge in [0.05, 0.1) is 12.1 Å². The summed E-state index contributed by atoms with van der Waals surface area (Å²) in [4.78, 5) is 17.5. The first kappa shape index (κ1) is 24.6. The maximum atomic E-state index is 14.3. The highest BCUT2D eigenvalue weighted by molar-refractivity contribution is 9.10. The summed E-state index contributed by atoms with van der Waals surface area (Å²) in [5, 5.41) is 7.53. The molecule has 0 fully saturated rings. The maximum Gasteiger partial charge on any atom is 0.258 e. The SMILES string of the molecule is CCCCOc1ccc(F)cc1-c1ccnc2ccc(C(=O)Nc3cc(-c4ccccc4Br)no3)cc12. The minimum absolute atomic E-state index is 0.221. The van der Waals surface area contributed by atoms with E-state index in [9.17, 15) is 9.18 Å². The van der Waals surface area contributed by atoms with Crippen molar-refractivity contribution >= 4 is 38.6 Å². The molecule has 2 heterocycles. The number of anilines is 1. The highest BCUT2D eigenvalue weighted by Crippen LogP contribution is 2.36. The van der Waals surface area contributed by atoms with Crippen LogP contribution in [0.5, 0.6) is 5.75 Å². The molecule has 0 radical (unpaired) electrons. The molecule has 0 atom stereocenters. The van der Waals surface area contributed by atoms with Gasteiger partial charge in [-0.1, -0.05) is 52.6 Å². The van der Waals surface area contributed by atoms with Crippen molar-refractivity contribution in [2.24, 2.45) is 0 Å². The molecule has 37 heavy (non-hydrogen) atoms. The lowest BCUT2D eigenvalue weighted by Crippen LogP contribution is -2.11. The standard InChI is InChI=1S/C29H23BrFN3O3/c1-2-3-14-36-27-11-9-19(31)16-23(27)20-12-13-32-25-10-8-18(15-22(20)25)29(35)33-28-17-26(34-37-28)21-6-4-5-7-24(21)30/h4-13,15-17H,2-3,14H2,1H3,(H,33,35). The Bertz CT molecular complexity index is 1580. The third kappa shape index (κ3) is 5.39. The summed E-state index contributed by atoms with van der Waals surface area (Å²) in [5.74, 6) is 0.0607. The number of fused-ring (bicyclic) bond motifs is 1. The van der Waals surface area contributed by atoms with Crippen molar-refractivity contribution < 1.29 is 18.4 Å². The van der Waals surface area contributed by atoms with Gasteiger partial charge in [0, 0.05) is 38.8 Å². The number of ether oxygens (including phenoxy) is 1. The normalized spacial score (nSPS) is 11.0. The van der Waals surface area contributed by atoms with Gasteiger partial charge in [-0.2, -0.15) is 0 Å². The highest BCUT2D eigenvalue weighted by Gasteiger charge is 2.16. The van der Waals surface area contributed by atoms with Crippen molar-refractivity contribution in [2.45, 2.75) is 19.8 Å². The Morgan fingerprint density at radius 2 is 1.89 bits per heavy atom. The van der Waals surface area contributed by atoms with Crippen LogP contribution in [0.25, 0.3) is 33.3 Å². The third-order valence-electron chi connectivity index (χ3n) is 5.89. The van der Waals surface area contributed by atoms with Crippen molar-refractivity contribution in [2.75, 3.05) is 11.9 Å². The Labute approximate surface area is 221 Å². The van der Waals surface area contributed by atoms with Gasteiger partial charge in [-0.05, 0) is 60.5 Å². The number of pyridine rings is 1. The molecule has 8 heteroatoms. The Morgan fingerprint density at radius 3 is 2.73 bits per heavy atom. The molecule has 0 aliphatic rings. The second-order valence-electron chi connectivity index (χ2n) is 8.44. The minimum Gasteiger partial charge on any atom is -0.493 e. The quantitative estimate of drug-likeness (QED) is 0.195. The van der Waals surface area contributed by atoms with E-state index in [2.05, 4.69) is 38.3 Å². The van der Waals surface area contributed by atoms with Crippen LogP contribution in [0.4, 0.5) is 10.3 Å². The number of hydrogen-bond donors (Lipinski definition) is 1. The summed E-state index contributed by atoms with van der Waals surface area (Å²) in [6, 6.07) is 20.7. The molecule has 0 saturated heterocycles. The molecule has 0 saturated carbocycles. The van der Waals surface area contributed by atoms with Crippen LogP contribution in [0.2, 0.25) is 0 Å². The average Bonchev–Trinajstić information content (AvgIpc) is 3.37. The van der Waals surface area contributed by atoms with Crippen LogP contribution in [0.3, 0.4) is 0 Å². The molecule has 0 unspecified atom stereocenters. The van der Waals surface area contributed by atoms with Crippen LogP contribution >= 0.6 is 15.9 Å². The largest absolute Gasteiger partial charge is 0.493 e. The lowest BCUT2D eigenvalue weighted by molar-refractivity contribution is 0.102. The molecule has 5 aromatic rings. The van der Waals surface area contributed by atoms with E-state index in [1.165, 1.54) is 12.1 Å². The van der Waals surface area contributed by atoms with E-state index < -0.39 is 0 Å². The number of benzene rings is 3. The summed E-state index contributed by atoms with van der Waals surface area (Å²) < 4.78 is 26.4. The molecule has 1 N–H and O–H groups in total. The number of hydrogen-bond acceptors (Lipinski definition) is 5. The minimum atomic E-state index is -0.372. The molecule has 3 aromatic carbocycles. The van der Waals surface area contributed by atoms with Crippen LogP contribution in [0, 0.1) is 5.82 Å². The van der Waals surface area contributed by atoms with E-state index >= 15 is 0 Å². The molecule has 5 rings (SSSR count). The van der Waals surface area contributed by atoms with E-state index in [0.717, 1.165) is 28.4 Å². The molecular formula is C29H23BrFN3O3. The molecule has 186 valence electrons. The number of unbranched alkanes of at least 4 members (excludes halogenated alkanes) is 1. The molecule has 0 aliphatic heterocycles. The fourth-order valence-electron chi connectivity index (χ4n) is 4.00. The molecule has 0 bridgehead atoms.